The molecule has 0 radical (unpaired) electrons. The van der Waals surface area contributed by atoms with Gasteiger partial charge in [0.2, 0.25) is 5.91 Å². The number of amides is 1. The van der Waals surface area contributed by atoms with Gasteiger partial charge in [0.05, 0.1) is 17.9 Å². The lowest BCUT2D eigenvalue weighted by Gasteiger charge is -2.13. The lowest BCUT2D eigenvalue weighted by Crippen LogP contribution is -2.35. The second-order valence-electron chi connectivity index (χ2n) is 4.70. The van der Waals surface area contributed by atoms with Gasteiger partial charge in [-0.1, -0.05) is 0 Å². The summed E-state index contributed by atoms with van der Waals surface area (Å²) < 4.78 is 5.34. The number of carboxylic acids is 1. The average molecular weight is 227 g/mol. The highest BCUT2D eigenvalue weighted by atomic mass is 16.5. The number of nitrogens with one attached hydrogen (secondary N) is 1. The number of aliphatic carboxylic acids is 1. The maximum atomic E-state index is 11.5. The van der Waals surface area contributed by atoms with Crippen molar-refractivity contribution < 1.29 is 19.4 Å². The Morgan fingerprint density at radius 3 is 2.69 bits per heavy atom. The number of carboxylic acid groups (broad SMARTS) is 1. The van der Waals surface area contributed by atoms with E-state index in [0.717, 1.165) is 19.4 Å². The van der Waals surface area contributed by atoms with Crippen molar-refractivity contribution in [2.24, 2.45) is 5.41 Å². The summed E-state index contributed by atoms with van der Waals surface area (Å²) >= 11 is 0. The molecule has 1 aliphatic carbocycles. The van der Waals surface area contributed by atoms with Crippen molar-refractivity contribution in [2.45, 2.75) is 38.2 Å². The lowest BCUT2D eigenvalue weighted by atomic mass is 10.1. The van der Waals surface area contributed by atoms with E-state index in [1.54, 1.807) is 0 Å². The zero-order valence-corrected chi connectivity index (χ0v) is 9.20. The molecule has 2 aliphatic rings. The van der Waals surface area contributed by atoms with Crippen LogP contribution in [0.4, 0.5) is 0 Å². The van der Waals surface area contributed by atoms with Gasteiger partial charge in [0.1, 0.15) is 0 Å². The van der Waals surface area contributed by atoms with Crippen LogP contribution < -0.4 is 5.32 Å². The molecule has 1 aliphatic heterocycles. The van der Waals surface area contributed by atoms with E-state index in [-0.39, 0.29) is 18.6 Å². The second-order valence-corrected chi connectivity index (χ2v) is 4.70. The van der Waals surface area contributed by atoms with E-state index in [1.807, 2.05) is 0 Å². The molecule has 0 aromatic heterocycles. The molecule has 1 saturated carbocycles. The van der Waals surface area contributed by atoms with Crippen LogP contribution in [-0.2, 0) is 14.3 Å². The molecule has 16 heavy (non-hydrogen) atoms. The number of rotatable bonds is 5. The summed E-state index contributed by atoms with van der Waals surface area (Å²) in [6.45, 7) is 0.991. The van der Waals surface area contributed by atoms with E-state index in [4.69, 9.17) is 9.84 Å². The molecule has 0 aromatic carbocycles. The highest BCUT2D eigenvalue weighted by Crippen LogP contribution is 2.45. The first kappa shape index (κ1) is 11.4. The number of hydrogen-bond acceptors (Lipinski definition) is 3. The smallest absolute Gasteiger partial charge is 0.311 e. The Kier molecular flexibility index (Phi) is 3.14. The van der Waals surface area contributed by atoms with E-state index in [9.17, 15) is 9.59 Å². The molecule has 0 bridgehead atoms. The van der Waals surface area contributed by atoms with Gasteiger partial charge in [0, 0.05) is 13.2 Å². The Balaban J connectivity index is 1.69. The minimum atomic E-state index is -0.801. The van der Waals surface area contributed by atoms with Crippen molar-refractivity contribution in [1.82, 2.24) is 5.32 Å². The van der Waals surface area contributed by atoms with Crippen molar-refractivity contribution in [3.05, 3.63) is 0 Å². The predicted molar refractivity (Wildman–Crippen MR) is 55.9 cm³/mol. The first-order valence-corrected chi connectivity index (χ1v) is 5.74. The Morgan fingerprint density at radius 2 is 2.19 bits per heavy atom. The monoisotopic (exact) mass is 227 g/mol. The number of hydrogen-bond donors (Lipinski definition) is 2. The molecule has 2 fully saturated rings. The maximum absolute atomic E-state index is 11.5. The lowest BCUT2D eigenvalue weighted by molar-refractivity contribution is -0.143. The van der Waals surface area contributed by atoms with E-state index in [0.29, 0.717) is 19.3 Å². The summed E-state index contributed by atoms with van der Waals surface area (Å²) in [6.07, 6.45) is 3.66. The molecule has 90 valence electrons. The maximum Gasteiger partial charge on any atom is 0.311 e. The molecular weight excluding hydrogens is 210 g/mol. The molecule has 1 atom stereocenters. The summed E-state index contributed by atoms with van der Waals surface area (Å²) in [5.74, 6) is -0.899. The number of ether oxygens (including phenoxy) is 1. The molecule has 1 heterocycles. The van der Waals surface area contributed by atoms with Gasteiger partial charge in [-0.15, -0.1) is 0 Å². The van der Waals surface area contributed by atoms with Crippen LogP contribution in [-0.4, -0.2) is 36.2 Å². The summed E-state index contributed by atoms with van der Waals surface area (Å²) in [5, 5.41) is 11.6. The fourth-order valence-corrected chi connectivity index (χ4v) is 1.97. The highest BCUT2D eigenvalue weighted by molar-refractivity contribution is 5.81. The SMILES string of the molecule is O=C(CC1CCCO1)NCC1(C(=O)O)CC1. The van der Waals surface area contributed by atoms with Crippen molar-refractivity contribution >= 4 is 11.9 Å². The summed E-state index contributed by atoms with van der Waals surface area (Å²) in [7, 11) is 0. The van der Waals surface area contributed by atoms with E-state index < -0.39 is 11.4 Å². The first-order valence-electron chi connectivity index (χ1n) is 5.74. The molecular formula is C11H17NO4. The quantitative estimate of drug-likeness (QED) is 0.718. The third-order valence-corrected chi connectivity index (χ3v) is 3.37. The minimum Gasteiger partial charge on any atom is -0.481 e. The average Bonchev–Trinajstić information content (AvgIpc) is 2.88. The molecule has 1 unspecified atom stereocenters. The summed E-state index contributed by atoms with van der Waals surface area (Å²) in [4.78, 5) is 22.4. The van der Waals surface area contributed by atoms with Gasteiger partial charge < -0.3 is 15.2 Å². The Labute approximate surface area is 94.2 Å². The van der Waals surface area contributed by atoms with E-state index in [2.05, 4.69) is 5.32 Å². The first-order chi connectivity index (χ1) is 7.62. The van der Waals surface area contributed by atoms with E-state index in [1.165, 1.54) is 0 Å². The van der Waals surface area contributed by atoms with Crippen molar-refractivity contribution in [1.29, 1.82) is 0 Å². The molecule has 5 nitrogen and oxygen atoms in total. The fraction of sp³-hybridized carbons (Fsp3) is 0.818. The molecule has 2 N–H and O–H groups in total. The minimum absolute atomic E-state index is 0.0278. The summed E-state index contributed by atoms with van der Waals surface area (Å²) in [5.41, 5.74) is -0.674. The normalized spacial score (nSPS) is 26.4. The molecule has 1 saturated heterocycles. The fourth-order valence-electron chi connectivity index (χ4n) is 1.97. The highest BCUT2D eigenvalue weighted by Gasteiger charge is 2.50. The van der Waals surface area contributed by atoms with Crippen molar-refractivity contribution in [3.63, 3.8) is 0 Å². The Hall–Kier alpha value is -1.10. The Morgan fingerprint density at radius 1 is 1.44 bits per heavy atom. The van der Waals surface area contributed by atoms with Gasteiger partial charge in [-0.3, -0.25) is 9.59 Å². The number of carbonyl (C=O) groups excluding carboxylic acids is 1. The van der Waals surface area contributed by atoms with Crippen LogP contribution in [0.25, 0.3) is 0 Å². The predicted octanol–water partition coefficient (Wildman–Crippen LogP) is 0.536. The van der Waals surface area contributed by atoms with Crippen LogP contribution in [0.3, 0.4) is 0 Å². The van der Waals surface area contributed by atoms with Crippen LogP contribution in [0.2, 0.25) is 0 Å². The third-order valence-electron chi connectivity index (χ3n) is 3.37. The topological polar surface area (TPSA) is 75.6 Å². The van der Waals surface area contributed by atoms with Crippen LogP contribution >= 0.6 is 0 Å². The largest absolute Gasteiger partial charge is 0.481 e. The molecule has 0 aromatic rings. The standard InChI is InChI=1S/C11H17NO4/c13-9(6-8-2-1-5-16-8)12-7-11(3-4-11)10(14)15/h8H,1-7H2,(H,12,13)(H,14,15). The van der Waals surface area contributed by atoms with Crippen LogP contribution in [0, 0.1) is 5.41 Å². The molecule has 5 heteroatoms. The van der Waals surface area contributed by atoms with Gasteiger partial charge >= 0.3 is 5.97 Å². The van der Waals surface area contributed by atoms with Gasteiger partial charge in [0.15, 0.2) is 0 Å². The zero-order chi connectivity index (χ0) is 11.6. The van der Waals surface area contributed by atoms with Gasteiger partial charge in [-0.25, -0.2) is 0 Å². The van der Waals surface area contributed by atoms with Gasteiger partial charge in [-0.2, -0.15) is 0 Å². The van der Waals surface area contributed by atoms with Crippen LogP contribution in [0.15, 0.2) is 0 Å². The zero-order valence-electron chi connectivity index (χ0n) is 9.20. The summed E-state index contributed by atoms with van der Waals surface area (Å²) in [6, 6.07) is 0. The van der Waals surface area contributed by atoms with Gasteiger partial charge in [0.25, 0.3) is 0 Å². The van der Waals surface area contributed by atoms with Crippen molar-refractivity contribution in [2.75, 3.05) is 13.2 Å². The second kappa shape index (κ2) is 4.41. The van der Waals surface area contributed by atoms with E-state index >= 15 is 0 Å². The Bertz CT molecular complexity index is 292. The van der Waals surface area contributed by atoms with Gasteiger partial charge in [-0.05, 0) is 25.7 Å². The molecule has 1 amide bonds. The van der Waals surface area contributed by atoms with Crippen molar-refractivity contribution in [3.8, 4) is 0 Å². The van der Waals surface area contributed by atoms with Crippen LogP contribution in [0.1, 0.15) is 32.1 Å². The molecule has 2 rings (SSSR count). The number of carbonyl (C=O) groups is 2. The third kappa shape index (κ3) is 2.52. The van der Waals surface area contributed by atoms with Crippen LogP contribution in [0.5, 0.6) is 0 Å². The molecule has 0 spiro atoms.